The Kier molecular flexibility index (Phi) is 5.64. The molecule has 0 saturated carbocycles. The van der Waals surface area contributed by atoms with Crippen LogP contribution in [0, 0.1) is 9.39 Å². The minimum absolute atomic E-state index is 0.0126. The zero-order valence-electron chi connectivity index (χ0n) is 17.9. The van der Waals surface area contributed by atoms with E-state index in [0.29, 0.717) is 35.4 Å². The predicted octanol–water partition coefficient (Wildman–Crippen LogP) is 4.46. The Balaban J connectivity index is 1.48. The maximum absolute atomic E-state index is 15.1. The molecule has 5 rings (SSSR count). The number of amides is 1. The minimum atomic E-state index is -0.543. The number of piperazine rings is 1. The van der Waals surface area contributed by atoms with E-state index in [2.05, 4.69) is 53.4 Å². The van der Waals surface area contributed by atoms with Crippen LogP contribution in [0.1, 0.15) is 33.6 Å². The van der Waals surface area contributed by atoms with Crippen LogP contribution >= 0.6 is 38.5 Å². The molecule has 0 radical (unpaired) electrons. The first-order valence-electron chi connectivity index (χ1n) is 10.5. The van der Waals surface area contributed by atoms with Gasteiger partial charge in [-0.3, -0.25) is 0 Å². The third kappa shape index (κ3) is 4.00. The molecule has 3 aliphatic rings. The van der Waals surface area contributed by atoms with Gasteiger partial charge in [-0.25, -0.2) is 9.18 Å². The van der Waals surface area contributed by atoms with Crippen molar-refractivity contribution in [3.63, 3.8) is 0 Å². The summed E-state index contributed by atoms with van der Waals surface area (Å²) in [5.41, 5.74) is -0.345. The standard InChI is InChI=1S/C21H23BrFIN4O4/c1-21(2,3)32-20(29)28-9-10-6-11(28)8-27(10)18-12-7-13(24)15(22)16(23)17(12)25-19(26-18)31-14-4-5-30-14/h7,10-11,14H,4-6,8-9H2,1-3H3/t10-,11-,14?/m0/s1. The topological polar surface area (TPSA) is 77.0 Å². The molecule has 1 aromatic heterocycles. The summed E-state index contributed by atoms with van der Waals surface area (Å²) in [6.07, 6.45) is 0.846. The van der Waals surface area contributed by atoms with Crippen LogP contribution in [0.3, 0.4) is 0 Å². The Labute approximate surface area is 207 Å². The largest absolute Gasteiger partial charge is 0.444 e. The number of benzene rings is 1. The zero-order chi connectivity index (χ0) is 22.8. The summed E-state index contributed by atoms with van der Waals surface area (Å²) < 4.78 is 32.9. The average Bonchev–Trinajstić information content (AvgIpc) is 3.29. The summed E-state index contributed by atoms with van der Waals surface area (Å²) in [5, 5.41) is 0.619. The summed E-state index contributed by atoms with van der Waals surface area (Å²) >= 11 is 5.40. The lowest BCUT2D eigenvalue weighted by atomic mass is 10.2. The van der Waals surface area contributed by atoms with Gasteiger partial charge < -0.3 is 24.0 Å². The smallest absolute Gasteiger partial charge is 0.410 e. The number of likely N-dealkylation sites (tertiary alicyclic amines) is 1. The minimum Gasteiger partial charge on any atom is -0.444 e. The summed E-state index contributed by atoms with van der Waals surface area (Å²) in [7, 11) is 0. The number of ether oxygens (including phenoxy) is 3. The molecule has 2 aromatic rings. The van der Waals surface area contributed by atoms with E-state index in [4.69, 9.17) is 14.2 Å². The molecular formula is C21H23BrFIN4O4. The second-order valence-corrected chi connectivity index (χ2v) is 11.2. The molecule has 3 saturated heterocycles. The molecule has 3 fully saturated rings. The number of aromatic nitrogens is 2. The van der Waals surface area contributed by atoms with Gasteiger partial charge in [0.05, 0.1) is 23.2 Å². The van der Waals surface area contributed by atoms with Crippen LogP contribution < -0.4 is 9.64 Å². The summed E-state index contributed by atoms with van der Waals surface area (Å²) in [4.78, 5) is 25.5. The maximum Gasteiger partial charge on any atom is 0.410 e. The van der Waals surface area contributed by atoms with Gasteiger partial charge in [0, 0.05) is 28.5 Å². The van der Waals surface area contributed by atoms with Gasteiger partial charge in [0.2, 0.25) is 6.29 Å². The molecule has 1 aromatic carbocycles. The first kappa shape index (κ1) is 22.3. The Morgan fingerprint density at radius 1 is 1.31 bits per heavy atom. The Bertz CT molecular complexity index is 1090. The van der Waals surface area contributed by atoms with Crippen molar-refractivity contribution in [1.82, 2.24) is 14.9 Å². The highest BCUT2D eigenvalue weighted by molar-refractivity contribution is 14.1. The van der Waals surface area contributed by atoms with Crippen LogP contribution in [-0.4, -0.2) is 64.6 Å². The fraction of sp³-hybridized carbons (Fsp3) is 0.571. The second kappa shape index (κ2) is 8.08. The van der Waals surface area contributed by atoms with Gasteiger partial charge in [-0.2, -0.15) is 9.97 Å². The van der Waals surface area contributed by atoms with E-state index in [-0.39, 0.29) is 29.7 Å². The van der Waals surface area contributed by atoms with Crippen LogP contribution in [0.25, 0.3) is 10.9 Å². The molecule has 0 spiro atoms. The first-order valence-corrected chi connectivity index (χ1v) is 12.4. The highest BCUT2D eigenvalue weighted by Gasteiger charge is 2.47. The monoisotopic (exact) mass is 620 g/mol. The Morgan fingerprint density at radius 3 is 2.66 bits per heavy atom. The van der Waals surface area contributed by atoms with Gasteiger partial charge in [0.15, 0.2) is 5.82 Å². The van der Waals surface area contributed by atoms with Crippen LogP contribution in [0.15, 0.2) is 10.5 Å². The average molecular weight is 621 g/mol. The molecule has 4 heterocycles. The molecule has 11 heteroatoms. The number of anilines is 1. The third-order valence-corrected chi connectivity index (χ3v) is 8.19. The van der Waals surface area contributed by atoms with Gasteiger partial charge in [0.1, 0.15) is 16.9 Å². The van der Waals surface area contributed by atoms with E-state index in [1.165, 1.54) is 0 Å². The zero-order valence-corrected chi connectivity index (χ0v) is 21.6. The van der Waals surface area contributed by atoms with Gasteiger partial charge in [-0.15, -0.1) is 0 Å². The van der Waals surface area contributed by atoms with Gasteiger partial charge >= 0.3 is 12.1 Å². The van der Waals surface area contributed by atoms with Gasteiger partial charge in [-0.1, -0.05) is 0 Å². The molecule has 172 valence electrons. The molecule has 32 heavy (non-hydrogen) atoms. The lowest BCUT2D eigenvalue weighted by Gasteiger charge is -2.36. The number of nitrogens with zero attached hydrogens (tertiary/aromatic N) is 4. The van der Waals surface area contributed by atoms with Crippen LogP contribution in [0.2, 0.25) is 0 Å². The van der Waals surface area contributed by atoms with Crippen LogP contribution in [0.4, 0.5) is 15.0 Å². The Hall–Kier alpha value is -1.47. The fourth-order valence-corrected chi connectivity index (χ4v) is 5.15. The van der Waals surface area contributed by atoms with Crippen molar-refractivity contribution in [1.29, 1.82) is 0 Å². The SMILES string of the molecule is CC(C)(C)OC(=O)N1C[C@@H]2C[C@H]1CN2c1nc(OC2CCO2)nc2c(F)c(Br)c(I)cc12. The number of carbonyl (C=O) groups is 1. The molecule has 0 N–H and O–H groups in total. The summed E-state index contributed by atoms with van der Waals surface area (Å²) in [5.74, 6) is 0.166. The molecule has 3 atom stereocenters. The van der Waals surface area contributed by atoms with Crippen molar-refractivity contribution in [2.24, 2.45) is 0 Å². The van der Waals surface area contributed by atoms with Gasteiger partial charge in [-0.05, 0) is 71.8 Å². The normalized spacial score (nSPS) is 24.8. The van der Waals surface area contributed by atoms with Gasteiger partial charge in [0.25, 0.3) is 0 Å². The van der Waals surface area contributed by atoms with E-state index >= 15 is 4.39 Å². The van der Waals surface area contributed by atoms with E-state index in [1.54, 1.807) is 4.90 Å². The van der Waals surface area contributed by atoms with Crippen LogP contribution in [-0.2, 0) is 9.47 Å². The highest BCUT2D eigenvalue weighted by atomic mass is 127. The van der Waals surface area contributed by atoms with Crippen molar-refractivity contribution in [3.8, 4) is 6.01 Å². The second-order valence-electron chi connectivity index (χ2n) is 9.25. The van der Waals surface area contributed by atoms with Crippen molar-refractivity contribution < 1.29 is 23.4 Å². The quantitative estimate of drug-likeness (QED) is 0.370. The summed E-state index contributed by atoms with van der Waals surface area (Å²) in [6, 6.07) is 2.04. The molecule has 0 aliphatic carbocycles. The lowest BCUT2D eigenvalue weighted by Crippen LogP contribution is -2.50. The number of rotatable bonds is 3. The molecule has 1 amide bonds. The third-order valence-electron chi connectivity index (χ3n) is 5.82. The predicted molar refractivity (Wildman–Crippen MR) is 127 cm³/mol. The van der Waals surface area contributed by atoms with Crippen molar-refractivity contribution >= 4 is 61.3 Å². The van der Waals surface area contributed by atoms with E-state index in [0.717, 1.165) is 16.4 Å². The molecule has 8 nitrogen and oxygen atoms in total. The number of hydrogen-bond acceptors (Lipinski definition) is 7. The maximum atomic E-state index is 15.1. The molecule has 3 aliphatic heterocycles. The molecular weight excluding hydrogens is 598 g/mol. The number of carbonyl (C=O) groups excluding carboxylic acids is 1. The van der Waals surface area contributed by atoms with Crippen molar-refractivity contribution in [2.45, 2.75) is 57.6 Å². The van der Waals surface area contributed by atoms with E-state index in [9.17, 15) is 4.79 Å². The number of halogens is 3. The Morgan fingerprint density at radius 2 is 2.06 bits per heavy atom. The molecule has 2 bridgehead atoms. The summed E-state index contributed by atoms with van der Waals surface area (Å²) in [6.45, 7) is 7.33. The molecule has 1 unspecified atom stereocenters. The van der Waals surface area contributed by atoms with E-state index in [1.807, 2.05) is 26.8 Å². The first-order chi connectivity index (χ1) is 15.1. The van der Waals surface area contributed by atoms with Crippen molar-refractivity contribution in [3.05, 3.63) is 19.9 Å². The highest BCUT2D eigenvalue weighted by Crippen LogP contribution is 2.40. The number of hydrogen-bond donors (Lipinski definition) is 0. The lowest BCUT2D eigenvalue weighted by molar-refractivity contribution is -0.168. The fourth-order valence-electron chi connectivity index (χ4n) is 4.30. The van der Waals surface area contributed by atoms with E-state index < -0.39 is 17.7 Å². The van der Waals surface area contributed by atoms with Crippen LogP contribution in [0.5, 0.6) is 6.01 Å². The number of fused-ring (bicyclic) bond motifs is 3. The van der Waals surface area contributed by atoms with Crippen molar-refractivity contribution in [2.75, 3.05) is 24.6 Å².